The molecule has 0 bridgehead atoms. The molecule has 1 unspecified atom stereocenters. The van der Waals surface area contributed by atoms with Crippen LogP contribution >= 0.6 is 11.8 Å². The molecule has 0 fully saturated rings. The number of carbonyl (C=O) groups is 2. The maximum atomic E-state index is 11.7. The Morgan fingerprint density at radius 1 is 1.33 bits per heavy atom. The van der Waals surface area contributed by atoms with E-state index in [2.05, 4.69) is 5.32 Å². The number of amides is 1. The summed E-state index contributed by atoms with van der Waals surface area (Å²) in [5.74, 6) is -0.645. The third-order valence-corrected chi connectivity index (χ3v) is 2.89. The van der Waals surface area contributed by atoms with Gasteiger partial charge in [-0.25, -0.2) is 4.79 Å². The number of carboxylic acids is 1. The summed E-state index contributed by atoms with van der Waals surface area (Å²) in [5.41, 5.74) is 0.475. The monoisotopic (exact) mass is 261 g/mol. The molecule has 0 spiro atoms. The molecule has 6 heteroatoms. The Balaban J connectivity index is 0.00000289. The zero-order valence-electron chi connectivity index (χ0n) is 9.55. The van der Waals surface area contributed by atoms with Crippen LogP contribution in [0.15, 0.2) is 30.3 Å². The van der Waals surface area contributed by atoms with Crippen LogP contribution in [0.5, 0.6) is 0 Å². The minimum absolute atomic E-state index is 0. The summed E-state index contributed by atoms with van der Waals surface area (Å²) in [6, 6.07) is 7.78. The molecular formula is C12H16LiNO3S. The van der Waals surface area contributed by atoms with Gasteiger partial charge in [0.1, 0.15) is 6.04 Å². The van der Waals surface area contributed by atoms with Gasteiger partial charge < -0.3 is 10.4 Å². The van der Waals surface area contributed by atoms with Gasteiger partial charge in [-0.05, 0) is 30.6 Å². The Morgan fingerprint density at radius 2 is 1.94 bits per heavy atom. The molecule has 0 aliphatic carbocycles. The summed E-state index contributed by atoms with van der Waals surface area (Å²) < 4.78 is 0. The summed E-state index contributed by atoms with van der Waals surface area (Å²) in [5, 5.41) is 11.5. The molecule has 1 rings (SSSR count). The van der Waals surface area contributed by atoms with Crippen molar-refractivity contribution < 1.29 is 14.7 Å². The molecule has 1 atom stereocenters. The first-order valence-corrected chi connectivity index (χ1v) is 6.62. The van der Waals surface area contributed by atoms with E-state index in [1.54, 1.807) is 42.1 Å². The Hall–Kier alpha value is -0.893. The Labute approximate surface area is 123 Å². The van der Waals surface area contributed by atoms with Crippen LogP contribution < -0.4 is 5.32 Å². The van der Waals surface area contributed by atoms with E-state index in [1.807, 2.05) is 6.26 Å². The molecule has 0 radical (unpaired) electrons. The zero-order chi connectivity index (χ0) is 12.7. The third-order valence-electron chi connectivity index (χ3n) is 2.25. The van der Waals surface area contributed by atoms with Crippen LogP contribution in [0.1, 0.15) is 16.8 Å². The predicted octanol–water partition coefficient (Wildman–Crippen LogP) is 0.974. The fourth-order valence-corrected chi connectivity index (χ4v) is 1.80. The number of hydrogen-bond donors (Lipinski definition) is 2. The first-order valence-electron chi connectivity index (χ1n) is 5.23. The molecular weight excluding hydrogens is 245 g/mol. The molecule has 18 heavy (non-hydrogen) atoms. The summed E-state index contributed by atoms with van der Waals surface area (Å²) in [6.07, 6.45) is 2.33. The normalized spacial score (nSPS) is 11.2. The van der Waals surface area contributed by atoms with Gasteiger partial charge in [0.05, 0.1) is 0 Å². The standard InChI is InChI=1S/C12H15NO3S.Li.H/c1-17-8-7-10(12(15)16)13-11(14)9-5-3-2-4-6-9;;/h2-6,10H,7-8H2,1H3,(H,13,14)(H,15,16);;. The van der Waals surface area contributed by atoms with Gasteiger partial charge >= 0.3 is 24.8 Å². The van der Waals surface area contributed by atoms with Crippen molar-refractivity contribution in [3.8, 4) is 0 Å². The second-order valence-corrected chi connectivity index (χ2v) is 4.50. The number of carbonyl (C=O) groups excluding carboxylic acids is 1. The fourth-order valence-electron chi connectivity index (χ4n) is 1.32. The Morgan fingerprint density at radius 3 is 2.44 bits per heavy atom. The van der Waals surface area contributed by atoms with E-state index in [0.717, 1.165) is 0 Å². The van der Waals surface area contributed by atoms with E-state index >= 15 is 0 Å². The first-order chi connectivity index (χ1) is 8.15. The van der Waals surface area contributed by atoms with Crippen molar-refractivity contribution in [2.24, 2.45) is 0 Å². The number of hydrogen-bond acceptors (Lipinski definition) is 3. The number of thioether (sulfide) groups is 1. The number of nitrogens with one attached hydrogen (secondary N) is 1. The summed E-state index contributed by atoms with van der Waals surface area (Å²) in [7, 11) is 0. The van der Waals surface area contributed by atoms with Crippen LogP contribution in [0.3, 0.4) is 0 Å². The molecule has 1 aromatic carbocycles. The van der Waals surface area contributed by atoms with Gasteiger partial charge in [-0.2, -0.15) is 11.8 Å². The SMILES string of the molecule is CSCCC(NC(=O)c1ccccc1)C(=O)O.[LiH]. The predicted molar refractivity (Wildman–Crippen MR) is 75.5 cm³/mol. The zero-order valence-corrected chi connectivity index (χ0v) is 10.4. The minimum atomic E-state index is -0.997. The van der Waals surface area contributed by atoms with Crippen molar-refractivity contribution in [2.75, 3.05) is 12.0 Å². The van der Waals surface area contributed by atoms with Crippen LogP contribution in [-0.4, -0.2) is 53.9 Å². The van der Waals surface area contributed by atoms with E-state index < -0.39 is 12.0 Å². The Kier molecular flexibility index (Phi) is 8.64. The van der Waals surface area contributed by atoms with Crippen LogP contribution in [0.25, 0.3) is 0 Å². The Bertz CT molecular complexity index is 386. The van der Waals surface area contributed by atoms with Crippen LogP contribution in [0.4, 0.5) is 0 Å². The number of benzene rings is 1. The van der Waals surface area contributed by atoms with E-state index in [9.17, 15) is 9.59 Å². The van der Waals surface area contributed by atoms with Gasteiger partial charge in [-0.3, -0.25) is 4.79 Å². The van der Waals surface area contributed by atoms with Crippen molar-refractivity contribution in [3.63, 3.8) is 0 Å². The first kappa shape index (κ1) is 17.1. The molecule has 1 amide bonds. The quantitative estimate of drug-likeness (QED) is 0.749. The van der Waals surface area contributed by atoms with E-state index in [4.69, 9.17) is 5.11 Å². The topological polar surface area (TPSA) is 66.4 Å². The number of carboxylic acid groups (broad SMARTS) is 1. The van der Waals surface area contributed by atoms with Crippen molar-refractivity contribution in [1.29, 1.82) is 0 Å². The van der Waals surface area contributed by atoms with Crippen molar-refractivity contribution in [1.82, 2.24) is 5.32 Å². The molecule has 0 heterocycles. The fraction of sp³-hybridized carbons (Fsp3) is 0.333. The van der Waals surface area contributed by atoms with Gasteiger partial charge in [-0.1, -0.05) is 18.2 Å². The molecule has 0 saturated carbocycles. The molecule has 0 saturated heterocycles. The summed E-state index contributed by atoms with van der Waals surface area (Å²) in [4.78, 5) is 22.7. The molecule has 0 aliphatic rings. The van der Waals surface area contributed by atoms with Crippen LogP contribution in [-0.2, 0) is 4.79 Å². The molecule has 0 aromatic heterocycles. The van der Waals surface area contributed by atoms with E-state index in [-0.39, 0.29) is 24.8 Å². The van der Waals surface area contributed by atoms with Gasteiger partial charge in [-0.15, -0.1) is 0 Å². The second-order valence-electron chi connectivity index (χ2n) is 3.51. The van der Waals surface area contributed by atoms with Crippen LogP contribution in [0, 0.1) is 0 Å². The average Bonchev–Trinajstić information content (AvgIpc) is 2.35. The maximum absolute atomic E-state index is 11.7. The van der Waals surface area contributed by atoms with Gasteiger partial charge in [0.25, 0.3) is 5.91 Å². The van der Waals surface area contributed by atoms with Gasteiger partial charge in [0.15, 0.2) is 0 Å². The third kappa shape index (κ3) is 5.63. The molecule has 1 aromatic rings. The van der Waals surface area contributed by atoms with Gasteiger partial charge in [0, 0.05) is 5.56 Å². The van der Waals surface area contributed by atoms with Crippen LogP contribution in [0.2, 0.25) is 0 Å². The van der Waals surface area contributed by atoms with E-state index in [1.165, 1.54) is 0 Å². The van der Waals surface area contributed by atoms with Crippen molar-refractivity contribution in [3.05, 3.63) is 35.9 Å². The van der Waals surface area contributed by atoms with Crippen molar-refractivity contribution in [2.45, 2.75) is 12.5 Å². The molecule has 0 aliphatic heterocycles. The molecule has 94 valence electrons. The molecule has 4 nitrogen and oxygen atoms in total. The summed E-state index contributed by atoms with van der Waals surface area (Å²) in [6.45, 7) is 0. The number of aliphatic carboxylic acids is 1. The average molecular weight is 261 g/mol. The van der Waals surface area contributed by atoms with E-state index in [0.29, 0.717) is 17.7 Å². The molecule has 2 N–H and O–H groups in total. The second kappa shape index (κ2) is 9.09. The van der Waals surface area contributed by atoms with Gasteiger partial charge in [0.2, 0.25) is 0 Å². The number of rotatable bonds is 6. The van der Waals surface area contributed by atoms with Crippen molar-refractivity contribution >= 4 is 42.5 Å². The summed E-state index contributed by atoms with van der Waals surface area (Å²) >= 11 is 1.56.